The second-order valence-corrected chi connectivity index (χ2v) is 3.42. The molecular weight excluding hydrogens is 217 g/mol. The van der Waals surface area contributed by atoms with Gasteiger partial charge in [-0.15, -0.1) is 0 Å². The van der Waals surface area contributed by atoms with Gasteiger partial charge in [-0.1, -0.05) is 0 Å². The number of carbonyl (C=O) groups is 3. The van der Waals surface area contributed by atoms with Crippen LogP contribution in [0.5, 0.6) is 0 Å². The lowest BCUT2D eigenvalue weighted by atomic mass is 9.93. The van der Waals surface area contributed by atoms with Gasteiger partial charge in [-0.2, -0.15) is 0 Å². The van der Waals surface area contributed by atoms with Crippen LogP contribution >= 0.6 is 0 Å². The molecule has 0 aromatic carbocycles. The third-order valence-corrected chi connectivity index (χ3v) is 2.45. The number of esters is 1. The van der Waals surface area contributed by atoms with Gasteiger partial charge in [0.05, 0.1) is 7.11 Å². The van der Waals surface area contributed by atoms with Crippen molar-refractivity contribution in [1.82, 2.24) is 0 Å². The zero-order valence-corrected chi connectivity index (χ0v) is 8.79. The first kappa shape index (κ1) is 12.4. The van der Waals surface area contributed by atoms with E-state index in [2.05, 4.69) is 4.74 Å². The van der Waals surface area contributed by atoms with Crippen molar-refractivity contribution >= 4 is 17.5 Å². The van der Waals surface area contributed by atoms with Crippen LogP contribution in [-0.2, 0) is 19.1 Å². The summed E-state index contributed by atoms with van der Waals surface area (Å²) in [5, 5.41) is 0. The number of ketones is 2. The van der Waals surface area contributed by atoms with E-state index >= 15 is 0 Å². The van der Waals surface area contributed by atoms with Gasteiger partial charge in [0.15, 0.2) is 11.6 Å². The first-order valence-corrected chi connectivity index (χ1v) is 4.71. The Morgan fingerprint density at radius 1 is 1.50 bits per heavy atom. The number of ether oxygens (including phenoxy) is 1. The van der Waals surface area contributed by atoms with Crippen LogP contribution in [0, 0.1) is 5.92 Å². The van der Waals surface area contributed by atoms with Gasteiger partial charge in [-0.25, -0.2) is 4.39 Å². The SMILES string of the molecule is COC(=O)C(C(=O)CF)C1=C(N)CCC1=O. The standard InChI is InChI=1S/C10H12FNO4/c1-16-10(15)9(7(14)4-11)8-5(12)2-3-6(8)13/h9H,2-4,12H2,1H3. The van der Waals surface area contributed by atoms with Crippen molar-refractivity contribution in [2.75, 3.05) is 13.8 Å². The molecule has 0 fully saturated rings. The maximum atomic E-state index is 12.3. The number of halogens is 1. The van der Waals surface area contributed by atoms with Crippen LogP contribution in [0.25, 0.3) is 0 Å². The van der Waals surface area contributed by atoms with E-state index < -0.39 is 30.1 Å². The number of methoxy groups -OCH3 is 1. The summed E-state index contributed by atoms with van der Waals surface area (Å²) in [7, 11) is 1.07. The van der Waals surface area contributed by atoms with E-state index in [9.17, 15) is 18.8 Å². The third-order valence-electron chi connectivity index (χ3n) is 2.45. The van der Waals surface area contributed by atoms with Gasteiger partial charge >= 0.3 is 5.97 Å². The van der Waals surface area contributed by atoms with Gasteiger partial charge in [0, 0.05) is 17.7 Å². The minimum atomic E-state index is -1.51. The smallest absolute Gasteiger partial charge is 0.321 e. The summed E-state index contributed by atoms with van der Waals surface area (Å²) >= 11 is 0. The largest absolute Gasteiger partial charge is 0.468 e. The lowest BCUT2D eigenvalue weighted by molar-refractivity contribution is -0.148. The number of carbonyl (C=O) groups excluding carboxylic acids is 3. The number of alkyl halides is 1. The zero-order valence-electron chi connectivity index (χ0n) is 8.79. The normalized spacial score (nSPS) is 17.5. The number of hydrogen-bond acceptors (Lipinski definition) is 5. The van der Waals surface area contributed by atoms with Crippen molar-refractivity contribution in [3.05, 3.63) is 11.3 Å². The van der Waals surface area contributed by atoms with Crippen molar-refractivity contribution < 1.29 is 23.5 Å². The van der Waals surface area contributed by atoms with Crippen LogP contribution in [-0.4, -0.2) is 31.3 Å². The second kappa shape index (κ2) is 4.87. The molecule has 0 saturated heterocycles. The Morgan fingerprint density at radius 3 is 2.50 bits per heavy atom. The minimum absolute atomic E-state index is 0.102. The van der Waals surface area contributed by atoms with Crippen LogP contribution in [0.3, 0.4) is 0 Å². The van der Waals surface area contributed by atoms with Gasteiger partial charge in [0.25, 0.3) is 0 Å². The Morgan fingerprint density at radius 2 is 2.12 bits per heavy atom. The molecule has 1 unspecified atom stereocenters. The molecule has 0 bridgehead atoms. The number of hydrogen-bond donors (Lipinski definition) is 1. The van der Waals surface area contributed by atoms with E-state index in [4.69, 9.17) is 5.73 Å². The Bertz CT molecular complexity index is 359. The average molecular weight is 229 g/mol. The van der Waals surface area contributed by atoms with Crippen LogP contribution < -0.4 is 5.73 Å². The maximum absolute atomic E-state index is 12.3. The molecule has 0 aromatic rings. The van der Waals surface area contributed by atoms with E-state index in [1.165, 1.54) is 0 Å². The van der Waals surface area contributed by atoms with Crippen LogP contribution in [0.4, 0.5) is 4.39 Å². The molecule has 6 heteroatoms. The highest BCUT2D eigenvalue weighted by molar-refractivity contribution is 6.13. The molecule has 5 nitrogen and oxygen atoms in total. The summed E-state index contributed by atoms with van der Waals surface area (Å²) in [5.41, 5.74) is 5.60. The van der Waals surface area contributed by atoms with Crippen molar-refractivity contribution in [2.24, 2.45) is 11.7 Å². The molecule has 0 heterocycles. The summed E-state index contributed by atoms with van der Waals surface area (Å²) < 4.78 is 16.7. The molecule has 0 amide bonds. The van der Waals surface area contributed by atoms with Crippen molar-refractivity contribution in [2.45, 2.75) is 12.8 Å². The highest BCUT2D eigenvalue weighted by atomic mass is 19.1. The molecule has 0 radical (unpaired) electrons. The number of rotatable bonds is 4. The van der Waals surface area contributed by atoms with Gasteiger partial charge in [-0.05, 0) is 6.42 Å². The predicted molar refractivity (Wildman–Crippen MR) is 51.9 cm³/mol. The van der Waals surface area contributed by atoms with E-state index in [0.29, 0.717) is 6.42 Å². The van der Waals surface area contributed by atoms with E-state index in [-0.39, 0.29) is 17.7 Å². The Kier molecular flexibility index (Phi) is 3.76. The lowest BCUT2D eigenvalue weighted by Gasteiger charge is -2.13. The zero-order chi connectivity index (χ0) is 12.3. The predicted octanol–water partition coefficient (Wildman–Crippen LogP) is -0.110. The first-order valence-electron chi connectivity index (χ1n) is 4.71. The summed E-state index contributed by atoms with van der Waals surface area (Å²) in [6.45, 7) is -1.33. The molecule has 0 aromatic heterocycles. The minimum Gasteiger partial charge on any atom is -0.468 e. The van der Waals surface area contributed by atoms with Crippen LogP contribution in [0.1, 0.15) is 12.8 Å². The monoisotopic (exact) mass is 229 g/mol. The molecule has 88 valence electrons. The number of allylic oxidation sites excluding steroid dienone is 1. The summed E-state index contributed by atoms with van der Waals surface area (Å²) in [6.07, 6.45) is 0.440. The Balaban J connectivity index is 3.11. The van der Waals surface area contributed by atoms with Crippen molar-refractivity contribution in [3.63, 3.8) is 0 Å². The molecule has 1 atom stereocenters. The van der Waals surface area contributed by atoms with Crippen molar-refractivity contribution in [1.29, 1.82) is 0 Å². The van der Waals surface area contributed by atoms with Crippen LogP contribution in [0.15, 0.2) is 11.3 Å². The molecule has 0 spiro atoms. The topological polar surface area (TPSA) is 86.5 Å². The number of nitrogens with two attached hydrogens (primary N) is 1. The molecular formula is C10H12FNO4. The molecule has 1 rings (SSSR count). The molecule has 1 aliphatic carbocycles. The first-order chi connectivity index (χ1) is 7.52. The van der Waals surface area contributed by atoms with Crippen LogP contribution in [0.2, 0.25) is 0 Å². The molecule has 0 aliphatic heterocycles. The Labute approximate surface area is 91.4 Å². The summed E-state index contributed by atoms with van der Waals surface area (Å²) in [4.78, 5) is 34.1. The lowest BCUT2D eigenvalue weighted by Crippen LogP contribution is -2.31. The summed E-state index contributed by atoms with van der Waals surface area (Å²) in [5.74, 6) is -3.85. The van der Waals surface area contributed by atoms with Gasteiger partial charge in [0.2, 0.25) is 0 Å². The highest BCUT2D eigenvalue weighted by Gasteiger charge is 2.38. The fourth-order valence-corrected chi connectivity index (χ4v) is 1.65. The third kappa shape index (κ3) is 2.10. The van der Waals surface area contributed by atoms with Gasteiger partial charge < -0.3 is 10.5 Å². The molecule has 16 heavy (non-hydrogen) atoms. The van der Waals surface area contributed by atoms with Gasteiger partial charge in [0.1, 0.15) is 12.6 Å². The second-order valence-electron chi connectivity index (χ2n) is 3.42. The maximum Gasteiger partial charge on any atom is 0.321 e. The fourth-order valence-electron chi connectivity index (χ4n) is 1.65. The average Bonchev–Trinajstić information content (AvgIpc) is 2.60. The Hall–Kier alpha value is -1.72. The highest BCUT2D eigenvalue weighted by Crippen LogP contribution is 2.27. The fraction of sp³-hybridized carbons (Fsp3) is 0.500. The van der Waals surface area contributed by atoms with Gasteiger partial charge in [-0.3, -0.25) is 14.4 Å². The summed E-state index contributed by atoms with van der Waals surface area (Å²) in [6, 6.07) is 0. The van der Waals surface area contributed by atoms with E-state index in [1.807, 2.05) is 0 Å². The van der Waals surface area contributed by atoms with Crippen molar-refractivity contribution in [3.8, 4) is 0 Å². The number of Topliss-reactive ketones (excluding diaryl/α,β-unsaturated/α-hetero) is 2. The molecule has 1 aliphatic rings. The molecule has 0 saturated carbocycles. The molecule has 2 N–H and O–H groups in total. The van der Waals surface area contributed by atoms with E-state index in [0.717, 1.165) is 7.11 Å². The quantitative estimate of drug-likeness (QED) is 0.537. The van der Waals surface area contributed by atoms with E-state index in [1.54, 1.807) is 0 Å².